The van der Waals surface area contributed by atoms with E-state index in [1.165, 1.54) is 19.2 Å². The van der Waals surface area contributed by atoms with Gasteiger partial charge in [0.2, 0.25) is 11.8 Å². The summed E-state index contributed by atoms with van der Waals surface area (Å²) in [6.07, 6.45) is 2.50. The van der Waals surface area contributed by atoms with Gasteiger partial charge in [-0.25, -0.2) is 18.2 Å². The third-order valence-electron chi connectivity index (χ3n) is 9.24. The highest BCUT2D eigenvalue weighted by Crippen LogP contribution is 2.41. The first-order valence-corrected chi connectivity index (χ1v) is 15.8. The second-order valence-electron chi connectivity index (χ2n) is 12.4. The van der Waals surface area contributed by atoms with Crippen molar-refractivity contribution in [1.82, 2.24) is 29.5 Å². The summed E-state index contributed by atoms with van der Waals surface area (Å²) in [6, 6.07) is 16.8. The molecule has 3 atom stereocenters. The van der Waals surface area contributed by atoms with Crippen LogP contribution in [0.15, 0.2) is 78.0 Å². The van der Waals surface area contributed by atoms with Crippen LogP contribution in [0.25, 0.3) is 0 Å². The number of ether oxygens (including phenoxy) is 2. The van der Waals surface area contributed by atoms with Gasteiger partial charge in [0.15, 0.2) is 17.3 Å². The quantitative estimate of drug-likeness (QED) is 0.270. The van der Waals surface area contributed by atoms with Crippen LogP contribution in [0.3, 0.4) is 0 Å². The number of halogens is 3. The highest BCUT2D eigenvalue weighted by atomic mass is 19.3. The van der Waals surface area contributed by atoms with E-state index in [-0.39, 0.29) is 29.8 Å². The number of nitrogens with zero attached hydrogens (tertiary/aromatic N) is 6. The topological polar surface area (TPSA) is 149 Å². The molecule has 0 aliphatic carbocycles. The van der Waals surface area contributed by atoms with Crippen molar-refractivity contribution in [2.75, 3.05) is 39.0 Å². The molecule has 0 unspecified atom stereocenters. The summed E-state index contributed by atoms with van der Waals surface area (Å²) in [5.41, 5.74) is 3.58. The Morgan fingerprint density at radius 1 is 1.12 bits per heavy atom. The standard InChI is InChI=1S/C34H36F3N7O5/c1-48-28-16-24(9-10-27(28)35)49-30-29(38)32(46)44(21-39-30)19-33(47)12-15-43(20-34(33,36)37)31(45)25-11-14-42(17-23-8-5-13-40-41-23)18-26(25)22-6-3-2-4-7-22/h2-10,13,16,21,25-26,47H,11-12,14-15,17-20,38H2,1H3/t25-,26+,33+/m1/s1. The lowest BCUT2D eigenvalue weighted by Crippen LogP contribution is -2.64. The molecule has 49 heavy (non-hydrogen) atoms. The number of nitrogens with two attached hydrogens (primary N) is 1. The Kier molecular flexibility index (Phi) is 9.56. The molecule has 4 heterocycles. The second kappa shape index (κ2) is 13.8. The Morgan fingerprint density at radius 2 is 1.92 bits per heavy atom. The van der Waals surface area contributed by atoms with E-state index in [0.717, 1.165) is 33.1 Å². The molecule has 0 radical (unpaired) electrons. The van der Waals surface area contributed by atoms with Crippen molar-refractivity contribution in [3.8, 4) is 17.4 Å². The molecule has 2 fully saturated rings. The van der Waals surface area contributed by atoms with Gasteiger partial charge in [-0.2, -0.15) is 10.2 Å². The summed E-state index contributed by atoms with van der Waals surface area (Å²) >= 11 is 0. The van der Waals surface area contributed by atoms with E-state index in [2.05, 4.69) is 20.1 Å². The van der Waals surface area contributed by atoms with Crippen molar-refractivity contribution >= 4 is 11.6 Å². The van der Waals surface area contributed by atoms with E-state index in [4.69, 9.17) is 15.2 Å². The minimum absolute atomic E-state index is 0.0717. The molecular formula is C34H36F3N7O5. The number of aliphatic hydroxyl groups is 1. The second-order valence-corrected chi connectivity index (χ2v) is 12.4. The van der Waals surface area contributed by atoms with Gasteiger partial charge in [-0.15, -0.1) is 0 Å². The molecule has 258 valence electrons. The van der Waals surface area contributed by atoms with Crippen molar-refractivity contribution in [1.29, 1.82) is 0 Å². The minimum Gasteiger partial charge on any atom is -0.494 e. The molecule has 3 N–H and O–H groups in total. The number of nitrogen functional groups attached to an aromatic ring is 1. The molecule has 0 spiro atoms. The highest BCUT2D eigenvalue weighted by molar-refractivity contribution is 5.80. The Labute approximate surface area is 279 Å². The number of alkyl halides is 2. The number of aromatic nitrogens is 4. The van der Waals surface area contributed by atoms with Crippen LogP contribution in [0, 0.1) is 11.7 Å². The molecule has 0 bridgehead atoms. The normalized spacial score (nSPS) is 22.4. The number of carbonyl (C=O) groups excluding carboxylic acids is 1. The van der Waals surface area contributed by atoms with Gasteiger partial charge in [0.05, 0.1) is 25.9 Å². The summed E-state index contributed by atoms with van der Waals surface area (Å²) < 4.78 is 56.7. The third-order valence-corrected chi connectivity index (χ3v) is 9.24. The van der Waals surface area contributed by atoms with Crippen LogP contribution in [-0.4, -0.2) is 85.4 Å². The summed E-state index contributed by atoms with van der Waals surface area (Å²) in [4.78, 5) is 34.3. The number of carbonyl (C=O) groups is 1. The molecule has 2 saturated heterocycles. The summed E-state index contributed by atoms with van der Waals surface area (Å²) in [6.45, 7) is -0.352. The lowest BCUT2D eigenvalue weighted by Gasteiger charge is -2.46. The van der Waals surface area contributed by atoms with Gasteiger partial charge in [0.1, 0.15) is 17.7 Å². The number of hydrogen-bond acceptors (Lipinski definition) is 10. The van der Waals surface area contributed by atoms with Crippen LogP contribution >= 0.6 is 0 Å². The van der Waals surface area contributed by atoms with Crippen molar-refractivity contribution in [2.24, 2.45) is 5.92 Å². The van der Waals surface area contributed by atoms with Gasteiger partial charge in [-0.05, 0) is 42.8 Å². The number of piperidine rings is 2. The molecular weight excluding hydrogens is 643 g/mol. The number of anilines is 1. The summed E-state index contributed by atoms with van der Waals surface area (Å²) in [7, 11) is 1.27. The van der Waals surface area contributed by atoms with E-state index in [1.807, 2.05) is 42.5 Å². The van der Waals surface area contributed by atoms with Crippen molar-refractivity contribution in [3.05, 3.63) is 101 Å². The fraction of sp³-hybridized carbons (Fsp3) is 0.382. The van der Waals surface area contributed by atoms with Crippen LogP contribution < -0.4 is 20.8 Å². The molecule has 2 aliphatic heterocycles. The van der Waals surface area contributed by atoms with Gasteiger partial charge < -0.3 is 25.2 Å². The van der Waals surface area contributed by atoms with Crippen molar-refractivity contribution < 1.29 is 32.5 Å². The van der Waals surface area contributed by atoms with Gasteiger partial charge in [0, 0.05) is 50.2 Å². The predicted octanol–water partition coefficient (Wildman–Crippen LogP) is 3.46. The van der Waals surface area contributed by atoms with E-state index >= 15 is 8.78 Å². The fourth-order valence-corrected chi connectivity index (χ4v) is 6.51. The number of benzene rings is 2. The number of rotatable bonds is 9. The third kappa shape index (κ3) is 7.08. The zero-order valence-corrected chi connectivity index (χ0v) is 26.7. The Bertz CT molecular complexity index is 1850. The SMILES string of the molecule is COc1cc(Oc2ncn(C[C@@]3(O)CCN(C(=O)[C@@H]4CCN(Cc5cccnn5)C[C@H]4c4ccccc4)CC3(F)F)c(=O)c2N)ccc1F. The Balaban J connectivity index is 1.15. The number of likely N-dealkylation sites (tertiary alicyclic amines) is 2. The molecule has 2 aromatic heterocycles. The van der Waals surface area contributed by atoms with Gasteiger partial charge >= 0.3 is 0 Å². The van der Waals surface area contributed by atoms with E-state index < -0.39 is 59.9 Å². The van der Waals surface area contributed by atoms with E-state index in [0.29, 0.717) is 26.1 Å². The molecule has 1 amide bonds. The molecule has 4 aromatic rings. The van der Waals surface area contributed by atoms with Gasteiger partial charge in [-0.3, -0.25) is 19.1 Å². The van der Waals surface area contributed by atoms with Crippen LogP contribution in [0.2, 0.25) is 0 Å². The Hall–Kier alpha value is -5.02. The molecule has 6 rings (SSSR count). The number of amides is 1. The maximum atomic E-state index is 15.8. The first-order chi connectivity index (χ1) is 23.5. The van der Waals surface area contributed by atoms with Crippen LogP contribution in [0.1, 0.15) is 30.0 Å². The first-order valence-electron chi connectivity index (χ1n) is 15.8. The zero-order chi connectivity index (χ0) is 34.8. The van der Waals surface area contributed by atoms with Crippen LogP contribution in [0.5, 0.6) is 17.4 Å². The van der Waals surface area contributed by atoms with E-state index in [1.54, 1.807) is 6.20 Å². The average molecular weight is 680 g/mol. The van der Waals surface area contributed by atoms with Crippen molar-refractivity contribution in [2.45, 2.75) is 43.4 Å². The summed E-state index contributed by atoms with van der Waals surface area (Å²) in [5.74, 6) is -5.99. The maximum absolute atomic E-state index is 15.8. The smallest absolute Gasteiger partial charge is 0.295 e. The monoisotopic (exact) mass is 679 g/mol. The summed E-state index contributed by atoms with van der Waals surface area (Å²) in [5, 5.41) is 19.4. The van der Waals surface area contributed by atoms with Crippen LogP contribution in [-0.2, 0) is 17.9 Å². The lowest BCUT2D eigenvalue weighted by molar-refractivity contribution is -0.223. The largest absolute Gasteiger partial charge is 0.494 e. The van der Waals surface area contributed by atoms with Crippen LogP contribution in [0.4, 0.5) is 18.9 Å². The van der Waals surface area contributed by atoms with Gasteiger partial charge in [-0.1, -0.05) is 30.3 Å². The minimum atomic E-state index is -3.77. The Morgan fingerprint density at radius 3 is 2.63 bits per heavy atom. The molecule has 12 nitrogen and oxygen atoms in total. The highest BCUT2D eigenvalue weighted by Gasteiger charge is 2.57. The first kappa shape index (κ1) is 33.9. The maximum Gasteiger partial charge on any atom is 0.295 e. The predicted molar refractivity (Wildman–Crippen MR) is 172 cm³/mol. The van der Waals surface area contributed by atoms with Crippen molar-refractivity contribution in [3.63, 3.8) is 0 Å². The molecule has 0 saturated carbocycles. The average Bonchev–Trinajstić information content (AvgIpc) is 3.10. The fourth-order valence-electron chi connectivity index (χ4n) is 6.51. The van der Waals surface area contributed by atoms with Gasteiger partial charge in [0.25, 0.3) is 11.5 Å². The molecule has 2 aromatic carbocycles. The number of hydrogen-bond donors (Lipinski definition) is 2. The lowest BCUT2D eigenvalue weighted by atomic mass is 9.78. The zero-order valence-electron chi connectivity index (χ0n) is 26.7. The molecule has 2 aliphatic rings. The van der Waals surface area contributed by atoms with E-state index in [9.17, 15) is 19.1 Å². The molecule has 15 heteroatoms. The number of methoxy groups -OCH3 is 1.